The van der Waals surface area contributed by atoms with E-state index in [1.165, 1.54) is 4.31 Å². The average Bonchev–Trinajstić information content (AvgIpc) is 2.84. The molecule has 0 aromatic heterocycles. The van der Waals surface area contributed by atoms with Gasteiger partial charge in [0.2, 0.25) is 15.9 Å². The van der Waals surface area contributed by atoms with Crippen LogP contribution in [0.15, 0.2) is 42.5 Å². The van der Waals surface area contributed by atoms with E-state index in [-0.39, 0.29) is 18.4 Å². The highest BCUT2D eigenvalue weighted by molar-refractivity contribution is 7.89. The number of anilines is 1. The molecule has 2 heterocycles. The minimum atomic E-state index is -3.52. The number of rotatable bonds is 5. The van der Waals surface area contributed by atoms with Crippen molar-refractivity contribution < 1.29 is 17.6 Å². The lowest BCUT2D eigenvalue weighted by Gasteiger charge is -2.46. The Morgan fingerprint density at radius 2 is 1.83 bits per heavy atom. The van der Waals surface area contributed by atoms with E-state index in [0.29, 0.717) is 44.2 Å². The van der Waals surface area contributed by atoms with Gasteiger partial charge in [0.1, 0.15) is 5.67 Å². The van der Waals surface area contributed by atoms with E-state index in [2.05, 4.69) is 4.90 Å². The van der Waals surface area contributed by atoms with Crippen molar-refractivity contribution in [2.75, 3.05) is 44.2 Å². The van der Waals surface area contributed by atoms with Crippen LogP contribution in [0.3, 0.4) is 0 Å². The molecule has 2 aliphatic heterocycles. The molecule has 1 aromatic rings. The molecule has 9 heteroatoms. The molecule has 3 aliphatic rings. The number of aryl methyl sites for hydroxylation is 1. The summed E-state index contributed by atoms with van der Waals surface area (Å²) in [6.07, 6.45) is 7.37. The Morgan fingerprint density at radius 1 is 1.14 bits per heavy atom. The van der Waals surface area contributed by atoms with Gasteiger partial charge in [0.25, 0.3) is 0 Å². The quantitative estimate of drug-likeness (QED) is 0.557. The number of hydrogen-bond acceptors (Lipinski definition) is 4. The third kappa shape index (κ3) is 5.36. The summed E-state index contributed by atoms with van der Waals surface area (Å²) in [5.74, 6) is -1.43. The highest BCUT2D eigenvalue weighted by Gasteiger charge is 2.48. The number of nitrogens with zero attached hydrogens (tertiary/aromatic N) is 3. The van der Waals surface area contributed by atoms with Crippen molar-refractivity contribution in [2.24, 2.45) is 17.8 Å². The van der Waals surface area contributed by atoms with E-state index in [9.17, 15) is 13.2 Å². The fourth-order valence-electron chi connectivity index (χ4n) is 5.77. The van der Waals surface area contributed by atoms with E-state index in [1.54, 1.807) is 32.9 Å². The van der Waals surface area contributed by atoms with Gasteiger partial charge in [0, 0.05) is 55.9 Å². The molecule has 0 bridgehead atoms. The van der Waals surface area contributed by atoms with Crippen LogP contribution in [0, 0.1) is 24.7 Å². The normalized spacial score (nSPS) is 29.7. The predicted octanol–water partition coefficient (Wildman–Crippen LogP) is 4.44. The van der Waals surface area contributed by atoms with E-state index < -0.39 is 32.8 Å². The number of amides is 1. The maximum absolute atomic E-state index is 15.6. The monoisotopic (exact) mass is 537 g/mol. The van der Waals surface area contributed by atoms with Crippen LogP contribution in [0.2, 0.25) is 5.02 Å². The van der Waals surface area contributed by atoms with Gasteiger partial charge in [-0.05, 0) is 63.8 Å². The summed E-state index contributed by atoms with van der Waals surface area (Å²) in [4.78, 5) is 18.0. The van der Waals surface area contributed by atoms with Crippen molar-refractivity contribution in [3.63, 3.8) is 0 Å². The van der Waals surface area contributed by atoms with Crippen LogP contribution < -0.4 is 4.90 Å². The molecule has 1 aliphatic carbocycles. The highest BCUT2D eigenvalue weighted by atomic mass is 35.5. The molecule has 0 saturated carbocycles. The number of allylic oxidation sites excluding steroid dienone is 4. The molecule has 6 nitrogen and oxygen atoms in total. The molecule has 2 saturated heterocycles. The van der Waals surface area contributed by atoms with Crippen molar-refractivity contribution in [3.05, 3.63) is 53.1 Å². The topological polar surface area (TPSA) is 60.9 Å². The van der Waals surface area contributed by atoms with Crippen LogP contribution >= 0.6 is 11.6 Å². The summed E-state index contributed by atoms with van der Waals surface area (Å²) >= 11 is 6.22. The smallest absolute Gasteiger partial charge is 0.227 e. The van der Waals surface area contributed by atoms with Crippen LogP contribution in [0.4, 0.5) is 10.1 Å². The number of carbonyl (C=O) groups excluding carboxylic acids is 1. The second-order valence-electron chi connectivity index (χ2n) is 10.7. The number of piperidine rings is 1. The summed E-state index contributed by atoms with van der Waals surface area (Å²) in [7, 11) is -3.52. The Kier molecular flexibility index (Phi) is 7.89. The maximum atomic E-state index is 15.6. The van der Waals surface area contributed by atoms with Crippen molar-refractivity contribution in [2.45, 2.75) is 45.0 Å². The fraction of sp³-hybridized carbons (Fsp3) is 0.593. The molecular formula is C27H37ClFN3O3S. The number of carbonyl (C=O) groups is 1. The molecule has 2 unspecified atom stereocenters. The van der Waals surface area contributed by atoms with Crippen LogP contribution in [-0.4, -0.2) is 73.7 Å². The SMILES string of the molecule is Cc1ccc(Cl)cc1N1CCN(C(=O)[C@H]2CN(S(=O)(=O)C(C)C)CC[C@H]2C2C=CC=CC2(C)F)CC1. The average molecular weight is 538 g/mol. The van der Waals surface area contributed by atoms with Gasteiger partial charge in [-0.3, -0.25) is 4.79 Å². The third-order valence-electron chi connectivity index (χ3n) is 7.97. The number of benzene rings is 1. The summed E-state index contributed by atoms with van der Waals surface area (Å²) in [6, 6.07) is 5.81. The molecule has 0 spiro atoms. The number of sulfonamides is 1. The number of piperazine rings is 1. The molecule has 1 amide bonds. The molecule has 1 aromatic carbocycles. The second-order valence-corrected chi connectivity index (χ2v) is 13.6. The van der Waals surface area contributed by atoms with Gasteiger partial charge >= 0.3 is 0 Å². The van der Waals surface area contributed by atoms with Crippen LogP contribution in [-0.2, 0) is 14.8 Å². The Labute approximate surface area is 219 Å². The predicted molar refractivity (Wildman–Crippen MR) is 143 cm³/mol. The number of hydrogen-bond donors (Lipinski definition) is 0. The summed E-state index contributed by atoms with van der Waals surface area (Å²) in [5.41, 5.74) is 0.604. The summed E-state index contributed by atoms with van der Waals surface area (Å²) in [6.45, 7) is 9.67. The van der Waals surface area contributed by atoms with Crippen LogP contribution in [0.5, 0.6) is 0 Å². The van der Waals surface area contributed by atoms with Gasteiger partial charge in [0.05, 0.1) is 11.2 Å². The van der Waals surface area contributed by atoms with Gasteiger partial charge in [0.15, 0.2) is 0 Å². The first-order valence-corrected chi connectivity index (χ1v) is 14.6. The van der Waals surface area contributed by atoms with E-state index >= 15 is 4.39 Å². The van der Waals surface area contributed by atoms with Gasteiger partial charge in [-0.15, -0.1) is 0 Å². The first-order valence-electron chi connectivity index (χ1n) is 12.8. The fourth-order valence-corrected chi connectivity index (χ4v) is 7.27. The van der Waals surface area contributed by atoms with Crippen molar-refractivity contribution in [1.29, 1.82) is 0 Å². The lowest BCUT2D eigenvalue weighted by atomic mass is 9.69. The lowest BCUT2D eigenvalue weighted by Crippen LogP contribution is -2.57. The second kappa shape index (κ2) is 10.5. The van der Waals surface area contributed by atoms with E-state index in [0.717, 1.165) is 11.3 Å². The zero-order valence-electron chi connectivity index (χ0n) is 21.5. The van der Waals surface area contributed by atoms with Gasteiger partial charge in [-0.1, -0.05) is 35.9 Å². The number of alkyl halides is 1. The summed E-state index contributed by atoms with van der Waals surface area (Å²) < 4.78 is 43.0. The minimum absolute atomic E-state index is 0.0788. The first kappa shape index (κ1) is 27.1. The van der Waals surface area contributed by atoms with Gasteiger partial charge in [-0.2, -0.15) is 0 Å². The largest absolute Gasteiger partial charge is 0.368 e. The van der Waals surface area contributed by atoms with Crippen molar-refractivity contribution in [3.8, 4) is 0 Å². The Bertz CT molecular complexity index is 1140. The van der Waals surface area contributed by atoms with E-state index in [1.807, 2.05) is 42.2 Å². The van der Waals surface area contributed by atoms with Gasteiger partial charge < -0.3 is 9.80 Å². The summed E-state index contributed by atoms with van der Waals surface area (Å²) in [5, 5.41) is 0.104. The molecule has 36 heavy (non-hydrogen) atoms. The Balaban J connectivity index is 1.55. The van der Waals surface area contributed by atoms with Crippen molar-refractivity contribution in [1.82, 2.24) is 9.21 Å². The third-order valence-corrected chi connectivity index (χ3v) is 10.4. The highest BCUT2D eigenvalue weighted by Crippen LogP contribution is 2.42. The molecular weight excluding hydrogens is 501 g/mol. The molecule has 4 rings (SSSR count). The molecule has 2 fully saturated rings. The van der Waals surface area contributed by atoms with E-state index in [4.69, 9.17) is 11.6 Å². The first-order chi connectivity index (χ1) is 16.9. The molecule has 4 atom stereocenters. The molecule has 0 N–H and O–H groups in total. The zero-order chi connectivity index (χ0) is 26.3. The lowest BCUT2D eigenvalue weighted by molar-refractivity contribution is -0.140. The Hall–Kier alpha value is -1.90. The maximum Gasteiger partial charge on any atom is 0.227 e. The zero-order valence-corrected chi connectivity index (χ0v) is 23.1. The van der Waals surface area contributed by atoms with Crippen molar-refractivity contribution >= 4 is 33.2 Å². The van der Waals surface area contributed by atoms with Crippen LogP contribution in [0.25, 0.3) is 0 Å². The minimum Gasteiger partial charge on any atom is -0.368 e. The van der Waals surface area contributed by atoms with Gasteiger partial charge in [-0.25, -0.2) is 17.1 Å². The number of halogens is 2. The van der Waals surface area contributed by atoms with Crippen LogP contribution in [0.1, 0.15) is 32.8 Å². The molecule has 198 valence electrons. The standard InChI is InChI=1S/C27H37ClFN3O3S/c1-19(2)36(34,35)32-12-10-22(24-7-5-6-11-27(24,4)29)23(18-32)26(33)31-15-13-30(14-16-31)25-17-21(28)9-8-20(25)3/h5-9,11,17,19,22-24H,10,12-16,18H2,1-4H3/t22-,23+,24?,27?/m1/s1. The molecule has 0 radical (unpaired) electrons. The Morgan fingerprint density at radius 3 is 2.47 bits per heavy atom.